The Bertz CT molecular complexity index is 351. The summed E-state index contributed by atoms with van der Waals surface area (Å²) in [6.07, 6.45) is 2.15. The first-order valence-electron chi connectivity index (χ1n) is 7.42. The molecule has 2 heteroatoms. The van der Waals surface area contributed by atoms with Gasteiger partial charge < -0.3 is 10.1 Å². The van der Waals surface area contributed by atoms with E-state index in [1.807, 2.05) is 0 Å². The highest BCUT2D eigenvalue weighted by Crippen LogP contribution is 2.22. The van der Waals surface area contributed by atoms with E-state index < -0.39 is 0 Å². The van der Waals surface area contributed by atoms with Crippen molar-refractivity contribution in [2.24, 2.45) is 5.41 Å². The first-order valence-corrected chi connectivity index (χ1v) is 7.42. The molecule has 0 saturated heterocycles. The molecule has 0 spiro atoms. The Labute approximate surface area is 118 Å². The highest BCUT2D eigenvalue weighted by atomic mass is 16.5. The molecule has 0 amide bonds. The van der Waals surface area contributed by atoms with Crippen molar-refractivity contribution in [3.8, 4) is 5.75 Å². The zero-order valence-electron chi connectivity index (χ0n) is 13.1. The van der Waals surface area contributed by atoms with Crippen LogP contribution in [-0.4, -0.2) is 13.2 Å². The van der Waals surface area contributed by atoms with Crippen LogP contribution in [0, 0.1) is 5.41 Å². The maximum Gasteiger partial charge on any atom is 0.119 e. The minimum Gasteiger partial charge on any atom is -0.494 e. The van der Waals surface area contributed by atoms with Crippen molar-refractivity contribution in [1.29, 1.82) is 0 Å². The summed E-state index contributed by atoms with van der Waals surface area (Å²) in [5.41, 5.74) is 1.66. The van der Waals surface area contributed by atoms with Crippen molar-refractivity contribution >= 4 is 0 Å². The average molecular weight is 263 g/mol. The maximum atomic E-state index is 5.62. The second-order valence-corrected chi connectivity index (χ2v) is 6.32. The molecule has 0 saturated carbocycles. The maximum absolute atomic E-state index is 5.62. The summed E-state index contributed by atoms with van der Waals surface area (Å²) < 4.78 is 5.62. The van der Waals surface area contributed by atoms with Crippen molar-refractivity contribution in [3.05, 3.63) is 29.8 Å². The van der Waals surface area contributed by atoms with Gasteiger partial charge in [0.15, 0.2) is 0 Å². The molecule has 0 aliphatic rings. The van der Waals surface area contributed by atoms with Crippen LogP contribution in [0.3, 0.4) is 0 Å². The lowest BCUT2D eigenvalue weighted by molar-refractivity contribution is 0.317. The summed E-state index contributed by atoms with van der Waals surface area (Å²) in [5, 5.41) is 3.65. The van der Waals surface area contributed by atoms with Crippen molar-refractivity contribution in [2.75, 3.05) is 13.2 Å². The molecular formula is C17H29NO. The molecule has 1 aromatic rings. The first-order chi connectivity index (χ1) is 8.96. The molecule has 0 radical (unpaired) electrons. The molecule has 1 rings (SSSR count). The van der Waals surface area contributed by atoms with Gasteiger partial charge in [-0.3, -0.25) is 0 Å². The van der Waals surface area contributed by atoms with Crippen LogP contribution < -0.4 is 10.1 Å². The molecule has 19 heavy (non-hydrogen) atoms. The number of benzene rings is 1. The fourth-order valence-corrected chi connectivity index (χ4v) is 1.94. The summed E-state index contributed by atoms with van der Waals surface area (Å²) in [5.74, 6) is 0.969. The number of hydrogen-bond acceptors (Lipinski definition) is 2. The Kier molecular flexibility index (Phi) is 6.36. The molecular weight excluding hydrogens is 234 g/mol. The number of hydrogen-bond donors (Lipinski definition) is 1. The molecule has 0 fully saturated rings. The van der Waals surface area contributed by atoms with Gasteiger partial charge >= 0.3 is 0 Å². The van der Waals surface area contributed by atoms with Crippen LogP contribution in [0.1, 0.15) is 59.1 Å². The topological polar surface area (TPSA) is 21.3 Å². The quantitative estimate of drug-likeness (QED) is 0.778. The van der Waals surface area contributed by atoms with E-state index in [4.69, 9.17) is 4.74 Å². The average Bonchev–Trinajstić information content (AvgIpc) is 2.37. The van der Waals surface area contributed by atoms with E-state index in [1.165, 1.54) is 5.56 Å². The van der Waals surface area contributed by atoms with Crippen LogP contribution in [-0.2, 0) is 0 Å². The van der Waals surface area contributed by atoms with Gasteiger partial charge in [0.05, 0.1) is 6.61 Å². The van der Waals surface area contributed by atoms with Crippen LogP contribution in [0.2, 0.25) is 0 Å². The summed E-state index contributed by atoms with van der Waals surface area (Å²) in [6, 6.07) is 8.93. The van der Waals surface area contributed by atoms with E-state index in [1.54, 1.807) is 0 Å². The Morgan fingerprint density at radius 2 is 1.74 bits per heavy atom. The molecule has 2 nitrogen and oxygen atoms in total. The fourth-order valence-electron chi connectivity index (χ4n) is 1.94. The lowest BCUT2D eigenvalue weighted by atomic mass is 9.95. The predicted octanol–water partition coefficient (Wildman–Crippen LogP) is 4.56. The third kappa shape index (κ3) is 6.11. The second-order valence-electron chi connectivity index (χ2n) is 6.32. The summed E-state index contributed by atoms with van der Waals surface area (Å²) in [6.45, 7) is 12.9. The Balaban J connectivity index is 2.60. The standard InChI is InChI=1S/C17H29NO/c1-6-12-19-15-10-8-14(9-11-15)16(7-2)18-13-17(3,4)5/h8-11,16,18H,6-7,12-13H2,1-5H3. The Morgan fingerprint density at radius 1 is 1.11 bits per heavy atom. The van der Waals surface area contributed by atoms with E-state index >= 15 is 0 Å². The molecule has 0 bridgehead atoms. The predicted molar refractivity (Wildman–Crippen MR) is 82.7 cm³/mol. The van der Waals surface area contributed by atoms with E-state index in [0.29, 0.717) is 11.5 Å². The van der Waals surface area contributed by atoms with Crippen LogP contribution in [0.25, 0.3) is 0 Å². The van der Waals surface area contributed by atoms with Crippen molar-refractivity contribution in [2.45, 2.75) is 53.5 Å². The van der Waals surface area contributed by atoms with Gasteiger partial charge in [0, 0.05) is 12.6 Å². The van der Waals surface area contributed by atoms with Gasteiger partial charge in [-0.1, -0.05) is 46.8 Å². The second kappa shape index (κ2) is 7.54. The molecule has 1 atom stereocenters. The van der Waals surface area contributed by atoms with Crippen LogP contribution in [0.15, 0.2) is 24.3 Å². The third-order valence-electron chi connectivity index (χ3n) is 3.04. The minimum atomic E-state index is 0.317. The van der Waals surface area contributed by atoms with Gasteiger partial charge in [0.25, 0.3) is 0 Å². The van der Waals surface area contributed by atoms with Gasteiger partial charge in [-0.25, -0.2) is 0 Å². The van der Waals surface area contributed by atoms with E-state index in [9.17, 15) is 0 Å². The van der Waals surface area contributed by atoms with Crippen LogP contribution in [0.4, 0.5) is 0 Å². The SMILES string of the molecule is CCCOc1ccc(C(CC)NCC(C)(C)C)cc1. The van der Waals surface area contributed by atoms with Crippen molar-refractivity contribution in [3.63, 3.8) is 0 Å². The van der Waals surface area contributed by atoms with Crippen LogP contribution in [0.5, 0.6) is 5.75 Å². The van der Waals surface area contributed by atoms with Gasteiger partial charge in [0.1, 0.15) is 5.75 Å². The highest BCUT2D eigenvalue weighted by molar-refractivity contribution is 5.29. The number of rotatable bonds is 7. The molecule has 0 aliphatic heterocycles. The largest absolute Gasteiger partial charge is 0.494 e. The Morgan fingerprint density at radius 3 is 2.21 bits per heavy atom. The van der Waals surface area contributed by atoms with Gasteiger partial charge in [-0.2, -0.15) is 0 Å². The molecule has 0 aliphatic carbocycles. The number of nitrogens with one attached hydrogen (secondary N) is 1. The molecule has 0 heterocycles. The molecule has 1 unspecified atom stereocenters. The van der Waals surface area contributed by atoms with E-state index in [-0.39, 0.29) is 0 Å². The van der Waals surface area contributed by atoms with E-state index in [2.05, 4.69) is 64.2 Å². The lowest BCUT2D eigenvalue weighted by Gasteiger charge is -2.24. The van der Waals surface area contributed by atoms with Gasteiger partial charge in [-0.15, -0.1) is 0 Å². The molecule has 0 aromatic heterocycles. The number of ether oxygens (including phenoxy) is 1. The highest BCUT2D eigenvalue weighted by Gasteiger charge is 2.14. The lowest BCUT2D eigenvalue weighted by Crippen LogP contribution is -2.30. The molecule has 108 valence electrons. The summed E-state index contributed by atoms with van der Waals surface area (Å²) >= 11 is 0. The summed E-state index contributed by atoms with van der Waals surface area (Å²) in [7, 11) is 0. The van der Waals surface area contributed by atoms with Crippen molar-refractivity contribution < 1.29 is 4.74 Å². The fraction of sp³-hybridized carbons (Fsp3) is 0.647. The normalized spacial score (nSPS) is 13.3. The third-order valence-corrected chi connectivity index (χ3v) is 3.04. The van der Waals surface area contributed by atoms with Crippen molar-refractivity contribution in [1.82, 2.24) is 5.32 Å². The molecule has 1 aromatic carbocycles. The van der Waals surface area contributed by atoms with Gasteiger partial charge in [0.2, 0.25) is 0 Å². The monoisotopic (exact) mass is 263 g/mol. The molecule has 1 N–H and O–H groups in total. The Hall–Kier alpha value is -1.02. The van der Waals surface area contributed by atoms with Crippen LogP contribution >= 0.6 is 0 Å². The zero-order valence-corrected chi connectivity index (χ0v) is 13.1. The minimum absolute atomic E-state index is 0.317. The van der Waals surface area contributed by atoms with E-state index in [0.717, 1.165) is 31.7 Å². The zero-order chi connectivity index (χ0) is 14.3. The van der Waals surface area contributed by atoms with Gasteiger partial charge in [-0.05, 0) is 36.0 Å². The smallest absolute Gasteiger partial charge is 0.119 e. The summed E-state index contributed by atoms with van der Waals surface area (Å²) in [4.78, 5) is 0. The first kappa shape index (κ1) is 16.0.